The molecule has 4 amide bonds. The summed E-state index contributed by atoms with van der Waals surface area (Å²) in [5.41, 5.74) is 1.47. The molecule has 1 N–H and O–H groups in total. The number of halogens is 1. The molecule has 0 bridgehead atoms. The highest BCUT2D eigenvalue weighted by molar-refractivity contribution is 14.1. The molecule has 0 atom stereocenters. The highest BCUT2D eigenvalue weighted by Crippen LogP contribution is 2.36. The topological polar surface area (TPSA) is 103 Å². The maximum absolute atomic E-state index is 13.6. The van der Waals surface area contributed by atoms with Gasteiger partial charge in [0.25, 0.3) is 11.8 Å². The number of barbiturate groups is 1. The maximum atomic E-state index is 13.6. The fraction of sp³-hybridized carbons (Fsp3) is 0.233. The monoisotopic (exact) mass is 656 g/mol. The Bertz CT molecular complexity index is 1440. The first kappa shape index (κ1) is 28.9. The van der Waals surface area contributed by atoms with Gasteiger partial charge in [0.2, 0.25) is 0 Å². The van der Waals surface area contributed by atoms with Gasteiger partial charge in [-0.2, -0.15) is 0 Å². The van der Waals surface area contributed by atoms with Crippen molar-refractivity contribution in [2.75, 3.05) is 24.7 Å². The molecule has 40 heavy (non-hydrogen) atoms. The van der Waals surface area contributed by atoms with Crippen LogP contribution in [0.25, 0.3) is 6.08 Å². The predicted molar refractivity (Wildman–Crippen MR) is 159 cm³/mol. The molecule has 1 fully saturated rings. The molecule has 1 aliphatic rings. The number of rotatable bonds is 11. The third kappa shape index (κ3) is 6.74. The number of hydrogen-bond acceptors (Lipinski definition) is 7. The molecule has 0 spiro atoms. The highest BCUT2D eigenvalue weighted by atomic mass is 127. The Balaban J connectivity index is 1.65. The van der Waals surface area contributed by atoms with E-state index in [0.29, 0.717) is 55.0 Å². The number of hydrogen-bond donors (Lipinski definition) is 1. The molecule has 1 aliphatic heterocycles. The number of amides is 4. The molecule has 3 aromatic carbocycles. The van der Waals surface area contributed by atoms with Gasteiger partial charge in [-0.1, -0.05) is 18.2 Å². The minimum atomic E-state index is -0.879. The van der Waals surface area contributed by atoms with Crippen LogP contribution in [0.1, 0.15) is 31.9 Å². The normalized spacial score (nSPS) is 14.2. The summed E-state index contributed by atoms with van der Waals surface area (Å²) in [6.07, 6.45) is 1.41. The Morgan fingerprint density at radius 2 is 1.45 bits per heavy atom. The zero-order chi connectivity index (χ0) is 28.6. The van der Waals surface area contributed by atoms with Crippen molar-refractivity contribution in [1.29, 1.82) is 0 Å². The van der Waals surface area contributed by atoms with Crippen molar-refractivity contribution in [2.45, 2.75) is 27.4 Å². The van der Waals surface area contributed by atoms with Crippen LogP contribution in [0, 0.1) is 3.57 Å². The number of carbonyl (C=O) groups excluding carboxylic acids is 3. The largest absolute Gasteiger partial charge is 0.494 e. The van der Waals surface area contributed by atoms with Crippen molar-refractivity contribution in [2.24, 2.45) is 0 Å². The summed E-state index contributed by atoms with van der Waals surface area (Å²) in [4.78, 5) is 40.1. The second-order valence-corrected chi connectivity index (χ2v) is 9.75. The van der Waals surface area contributed by atoms with E-state index in [4.69, 9.17) is 18.9 Å². The second-order valence-electron chi connectivity index (χ2n) is 8.51. The molecule has 0 saturated carbocycles. The number of imide groups is 2. The van der Waals surface area contributed by atoms with Gasteiger partial charge in [-0.05, 0) is 97.0 Å². The third-order valence-corrected chi connectivity index (χ3v) is 6.49. The van der Waals surface area contributed by atoms with Crippen LogP contribution in [0.3, 0.4) is 0 Å². The quantitative estimate of drug-likeness (QED) is 0.160. The SMILES string of the molecule is CCOc1ccc(OCC)c(N2C(=O)NC(=O)/C(=C\c3ccc(OCc4ccc(I)cc4)c(OCC)c3)C2=O)c1. The minimum absolute atomic E-state index is 0.169. The van der Waals surface area contributed by atoms with Crippen molar-refractivity contribution >= 4 is 52.2 Å². The van der Waals surface area contributed by atoms with Gasteiger partial charge in [0.15, 0.2) is 11.5 Å². The first-order valence-electron chi connectivity index (χ1n) is 12.8. The molecule has 3 aromatic rings. The number of benzene rings is 3. The number of nitrogens with zero attached hydrogens (tertiary/aromatic N) is 1. The highest BCUT2D eigenvalue weighted by Gasteiger charge is 2.38. The lowest BCUT2D eigenvalue weighted by Crippen LogP contribution is -2.54. The van der Waals surface area contributed by atoms with E-state index >= 15 is 0 Å². The van der Waals surface area contributed by atoms with Crippen molar-refractivity contribution < 1.29 is 33.3 Å². The predicted octanol–water partition coefficient (Wildman–Crippen LogP) is 5.73. The number of nitrogens with one attached hydrogen (secondary N) is 1. The Labute approximate surface area is 246 Å². The van der Waals surface area contributed by atoms with Gasteiger partial charge in [0.1, 0.15) is 23.7 Å². The molecule has 4 rings (SSSR count). The van der Waals surface area contributed by atoms with Gasteiger partial charge >= 0.3 is 6.03 Å². The second kappa shape index (κ2) is 13.3. The Kier molecular flexibility index (Phi) is 9.65. The molecule has 0 aromatic heterocycles. The zero-order valence-corrected chi connectivity index (χ0v) is 24.5. The summed E-state index contributed by atoms with van der Waals surface area (Å²) in [6, 6.07) is 17.1. The molecular formula is C30H29IN2O7. The first-order valence-corrected chi connectivity index (χ1v) is 13.9. The van der Waals surface area contributed by atoms with Crippen molar-refractivity contribution in [1.82, 2.24) is 5.32 Å². The van der Waals surface area contributed by atoms with E-state index in [2.05, 4.69) is 27.9 Å². The molecule has 10 heteroatoms. The first-order chi connectivity index (χ1) is 19.3. The Morgan fingerprint density at radius 1 is 0.775 bits per heavy atom. The van der Waals surface area contributed by atoms with Crippen LogP contribution in [0.4, 0.5) is 10.5 Å². The Morgan fingerprint density at radius 3 is 2.15 bits per heavy atom. The molecule has 0 radical (unpaired) electrons. The Hall–Kier alpha value is -4.06. The summed E-state index contributed by atoms with van der Waals surface area (Å²) in [7, 11) is 0. The van der Waals surface area contributed by atoms with Crippen LogP contribution in [-0.2, 0) is 16.2 Å². The van der Waals surface area contributed by atoms with Gasteiger partial charge in [0, 0.05) is 9.64 Å². The summed E-state index contributed by atoms with van der Waals surface area (Å²) < 4.78 is 24.1. The van der Waals surface area contributed by atoms with Gasteiger partial charge in [-0.25, -0.2) is 9.69 Å². The van der Waals surface area contributed by atoms with E-state index in [1.807, 2.05) is 38.1 Å². The van der Waals surface area contributed by atoms with Crippen molar-refractivity contribution in [3.8, 4) is 23.0 Å². The summed E-state index contributed by atoms with van der Waals surface area (Å²) >= 11 is 2.24. The molecule has 1 heterocycles. The average molecular weight is 656 g/mol. The number of ether oxygens (including phenoxy) is 4. The van der Waals surface area contributed by atoms with Crippen molar-refractivity contribution in [3.63, 3.8) is 0 Å². The number of carbonyl (C=O) groups is 3. The fourth-order valence-corrected chi connectivity index (χ4v) is 4.35. The molecule has 208 valence electrons. The zero-order valence-electron chi connectivity index (χ0n) is 22.4. The lowest BCUT2D eigenvalue weighted by molar-refractivity contribution is -0.122. The van der Waals surface area contributed by atoms with Crippen LogP contribution in [0.5, 0.6) is 23.0 Å². The van der Waals surface area contributed by atoms with Crippen molar-refractivity contribution in [3.05, 3.63) is 80.9 Å². The van der Waals surface area contributed by atoms with Gasteiger partial charge in [-0.3, -0.25) is 14.9 Å². The van der Waals surface area contributed by atoms with E-state index in [1.165, 1.54) is 12.1 Å². The van der Waals surface area contributed by atoms with Crippen LogP contribution in [0.2, 0.25) is 0 Å². The average Bonchev–Trinajstić information content (AvgIpc) is 2.93. The van der Waals surface area contributed by atoms with E-state index < -0.39 is 17.8 Å². The third-order valence-electron chi connectivity index (χ3n) is 5.77. The fourth-order valence-electron chi connectivity index (χ4n) is 3.99. The molecule has 0 aliphatic carbocycles. The molecule has 9 nitrogen and oxygen atoms in total. The summed E-state index contributed by atoms with van der Waals surface area (Å²) in [6.45, 7) is 6.90. The van der Waals surface area contributed by atoms with Gasteiger partial charge < -0.3 is 18.9 Å². The van der Waals surface area contributed by atoms with Crippen LogP contribution in [0.15, 0.2) is 66.2 Å². The van der Waals surface area contributed by atoms with E-state index in [-0.39, 0.29) is 11.3 Å². The van der Waals surface area contributed by atoms with Gasteiger partial charge in [-0.15, -0.1) is 0 Å². The maximum Gasteiger partial charge on any atom is 0.336 e. The van der Waals surface area contributed by atoms with Crippen LogP contribution < -0.4 is 29.2 Å². The smallest absolute Gasteiger partial charge is 0.336 e. The number of urea groups is 1. The lowest BCUT2D eigenvalue weighted by atomic mass is 10.1. The number of anilines is 1. The van der Waals surface area contributed by atoms with E-state index in [1.54, 1.807) is 37.3 Å². The summed E-state index contributed by atoms with van der Waals surface area (Å²) in [5.74, 6) is 0.139. The van der Waals surface area contributed by atoms with E-state index in [9.17, 15) is 14.4 Å². The van der Waals surface area contributed by atoms with E-state index in [0.717, 1.165) is 14.0 Å². The van der Waals surface area contributed by atoms with Crippen LogP contribution >= 0.6 is 22.6 Å². The van der Waals surface area contributed by atoms with Gasteiger partial charge in [0.05, 0.1) is 25.5 Å². The minimum Gasteiger partial charge on any atom is -0.494 e. The standard InChI is InChI=1S/C30H29IN2O7/c1-4-37-22-12-14-25(38-5-2)24(17-22)33-29(35)23(28(34)32-30(33)36)15-20-9-13-26(27(16-20)39-6-3)40-18-19-7-10-21(31)11-8-19/h7-17H,4-6,18H2,1-3H3,(H,32,34,36)/b23-15+. The van der Waals surface area contributed by atoms with Crippen LogP contribution in [-0.4, -0.2) is 37.7 Å². The lowest BCUT2D eigenvalue weighted by Gasteiger charge is -2.28. The molecule has 0 unspecified atom stereocenters. The molecule has 1 saturated heterocycles. The summed E-state index contributed by atoms with van der Waals surface area (Å²) in [5, 5.41) is 2.25. The molecular weight excluding hydrogens is 627 g/mol.